The van der Waals surface area contributed by atoms with Gasteiger partial charge in [0.05, 0.1) is 18.5 Å². The first-order chi connectivity index (χ1) is 10.1. The third-order valence-electron chi connectivity index (χ3n) is 3.67. The van der Waals surface area contributed by atoms with E-state index in [-0.39, 0.29) is 18.5 Å². The van der Waals surface area contributed by atoms with E-state index < -0.39 is 34.2 Å². The Morgan fingerprint density at radius 1 is 1.24 bits per heavy atom. The zero-order valence-corrected chi connectivity index (χ0v) is 11.9. The first-order valence-corrected chi connectivity index (χ1v) is 7.99. The minimum Gasteiger partial charge on any atom is -0.372 e. The van der Waals surface area contributed by atoms with Crippen LogP contribution in [0.3, 0.4) is 0 Å². The second-order valence-electron chi connectivity index (χ2n) is 5.01. The third kappa shape index (κ3) is 3.07. The summed E-state index contributed by atoms with van der Waals surface area (Å²) in [7, 11) is -1.16. The number of hydrogen-bond donors (Lipinski definition) is 0. The summed E-state index contributed by atoms with van der Waals surface area (Å²) in [6, 6.07) is 9.53. The highest BCUT2D eigenvalue weighted by Crippen LogP contribution is 2.32. The minimum absolute atomic E-state index is 0.0926. The molecule has 0 amide bonds. The van der Waals surface area contributed by atoms with Crippen LogP contribution in [0.5, 0.6) is 0 Å². The number of ether oxygens (including phenoxy) is 2. The van der Waals surface area contributed by atoms with Crippen LogP contribution in [0.1, 0.15) is 5.56 Å². The molecule has 0 radical (unpaired) electrons. The van der Waals surface area contributed by atoms with Crippen LogP contribution in [-0.4, -0.2) is 46.1 Å². The smallest absolute Gasteiger partial charge is 0.294 e. The second kappa shape index (κ2) is 6.08. The van der Waals surface area contributed by atoms with Gasteiger partial charge >= 0.3 is 0 Å². The Morgan fingerprint density at radius 2 is 1.95 bits per heavy atom. The van der Waals surface area contributed by atoms with E-state index in [1.54, 1.807) is 0 Å². The molecule has 0 saturated carbocycles. The molecule has 1 aromatic rings. The number of hydrogen-bond acceptors (Lipinski definition) is 6. The standard InChI is InChI=1S/C13H15NO6S/c15-14(16)20-10-6-18-13-11(7-19-12(10)13)21(17)8-9-4-2-1-3-5-9/h1-5,10-13H,6-8H2. The third-order valence-corrected chi connectivity index (χ3v) is 5.37. The van der Waals surface area contributed by atoms with E-state index in [4.69, 9.17) is 9.47 Å². The summed E-state index contributed by atoms with van der Waals surface area (Å²) < 4.78 is 23.5. The SMILES string of the molecule is O=[N+]([O-])OC1COC2C1OCC2S(=O)Cc1ccccc1. The van der Waals surface area contributed by atoms with Crippen LogP contribution in [0.4, 0.5) is 0 Å². The molecule has 2 fully saturated rings. The minimum atomic E-state index is -1.16. The van der Waals surface area contributed by atoms with Gasteiger partial charge in [0.2, 0.25) is 0 Å². The summed E-state index contributed by atoms with van der Waals surface area (Å²) in [6.07, 6.45) is -1.65. The van der Waals surface area contributed by atoms with Crippen molar-refractivity contribution in [2.75, 3.05) is 13.2 Å². The van der Waals surface area contributed by atoms with Gasteiger partial charge in [-0.2, -0.15) is 0 Å². The Bertz CT molecular complexity index is 539. The predicted molar refractivity (Wildman–Crippen MR) is 73.4 cm³/mol. The molecular weight excluding hydrogens is 298 g/mol. The van der Waals surface area contributed by atoms with E-state index in [0.717, 1.165) is 5.56 Å². The molecule has 5 unspecified atom stereocenters. The van der Waals surface area contributed by atoms with Crippen molar-refractivity contribution in [3.63, 3.8) is 0 Å². The predicted octanol–water partition coefficient (Wildman–Crippen LogP) is 0.678. The zero-order chi connectivity index (χ0) is 14.8. The van der Waals surface area contributed by atoms with E-state index in [9.17, 15) is 14.3 Å². The molecule has 0 aliphatic carbocycles. The molecule has 5 atom stereocenters. The molecule has 114 valence electrons. The van der Waals surface area contributed by atoms with Gasteiger partial charge in [0.15, 0.2) is 6.10 Å². The van der Waals surface area contributed by atoms with Gasteiger partial charge in [0, 0.05) is 16.6 Å². The molecule has 2 saturated heterocycles. The summed E-state index contributed by atoms with van der Waals surface area (Å²) in [5, 5.41) is 9.29. The molecule has 0 N–H and O–H groups in total. The second-order valence-corrected chi connectivity index (χ2v) is 6.67. The lowest BCUT2D eigenvalue weighted by Gasteiger charge is -2.15. The molecule has 3 rings (SSSR count). The molecule has 8 heteroatoms. The fraction of sp³-hybridized carbons (Fsp3) is 0.538. The van der Waals surface area contributed by atoms with Gasteiger partial charge in [-0.15, -0.1) is 10.1 Å². The first kappa shape index (κ1) is 14.4. The molecule has 2 aliphatic heterocycles. The number of fused-ring (bicyclic) bond motifs is 1. The zero-order valence-electron chi connectivity index (χ0n) is 11.1. The maximum absolute atomic E-state index is 12.5. The Hall–Kier alpha value is -1.51. The molecule has 21 heavy (non-hydrogen) atoms. The number of benzene rings is 1. The van der Waals surface area contributed by atoms with Crippen molar-refractivity contribution in [2.24, 2.45) is 0 Å². The Labute approximate surface area is 123 Å². The number of rotatable bonds is 5. The molecule has 2 aliphatic rings. The van der Waals surface area contributed by atoms with Crippen LogP contribution < -0.4 is 0 Å². The topological polar surface area (TPSA) is 87.9 Å². The van der Waals surface area contributed by atoms with Gasteiger partial charge in [0.25, 0.3) is 5.09 Å². The summed E-state index contributed by atoms with van der Waals surface area (Å²) in [5.74, 6) is 0.419. The number of nitrogens with zero attached hydrogens (tertiary/aromatic N) is 1. The average molecular weight is 313 g/mol. The van der Waals surface area contributed by atoms with Gasteiger partial charge < -0.3 is 14.3 Å². The molecule has 2 heterocycles. The van der Waals surface area contributed by atoms with E-state index in [1.165, 1.54) is 0 Å². The fourth-order valence-electron chi connectivity index (χ4n) is 2.70. The highest BCUT2D eigenvalue weighted by molar-refractivity contribution is 7.85. The van der Waals surface area contributed by atoms with Crippen molar-refractivity contribution >= 4 is 10.8 Å². The maximum atomic E-state index is 12.5. The average Bonchev–Trinajstić information content (AvgIpc) is 3.02. The maximum Gasteiger partial charge on any atom is 0.294 e. The van der Waals surface area contributed by atoms with Gasteiger partial charge in [-0.1, -0.05) is 30.3 Å². The van der Waals surface area contributed by atoms with Crippen molar-refractivity contribution < 1.29 is 23.6 Å². The lowest BCUT2D eigenvalue weighted by molar-refractivity contribution is -0.769. The van der Waals surface area contributed by atoms with E-state index in [0.29, 0.717) is 5.75 Å². The largest absolute Gasteiger partial charge is 0.372 e. The van der Waals surface area contributed by atoms with E-state index >= 15 is 0 Å². The van der Waals surface area contributed by atoms with E-state index in [2.05, 4.69) is 4.84 Å². The van der Waals surface area contributed by atoms with Gasteiger partial charge in [-0.25, -0.2) is 0 Å². The van der Waals surface area contributed by atoms with Crippen LogP contribution in [0.15, 0.2) is 30.3 Å². The van der Waals surface area contributed by atoms with Crippen LogP contribution in [0.2, 0.25) is 0 Å². The Kier molecular flexibility index (Phi) is 4.18. The Morgan fingerprint density at radius 3 is 2.67 bits per heavy atom. The first-order valence-electron chi connectivity index (χ1n) is 6.60. The summed E-state index contributed by atoms with van der Waals surface area (Å²) >= 11 is 0. The highest BCUT2D eigenvalue weighted by atomic mass is 32.2. The monoisotopic (exact) mass is 313 g/mol. The van der Waals surface area contributed by atoms with Crippen molar-refractivity contribution in [3.05, 3.63) is 46.0 Å². The molecule has 0 aromatic heterocycles. The lowest BCUT2D eigenvalue weighted by Crippen LogP contribution is -2.35. The molecule has 1 aromatic carbocycles. The van der Waals surface area contributed by atoms with Gasteiger partial charge in [0.1, 0.15) is 12.2 Å². The summed E-state index contributed by atoms with van der Waals surface area (Å²) in [6.45, 7) is 0.363. The van der Waals surface area contributed by atoms with Crippen LogP contribution >= 0.6 is 0 Å². The summed E-state index contributed by atoms with van der Waals surface area (Å²) in [5.41, 5.74) is 0.982. The molecule has 0 spiro atoms. The van der Waals surface area contributed by atoms with Crippen LogP contribution in [0, 0.1) is 10.1 Å². The highest BCUT2D eigenvalue weighted by Gasteiger charge is 2.51. The quantitative estimate of drug-likeness (QED) is 0.587. The Balaban J connectivity index is 1.63. The van der Waals surface area contributed by atoms with Crippen LogP contribution in [0.25, 0.3) is 0 Å². The lowest BCUT2D eigenvalue weighted by atomic mass is 10.1. The van der Waals surface area contributed by atoms with E-state index in [1.807, 2.05) is 30.3 Å². The molecule has 0 bridgehead atoms. The van der Waals surface area contributed by atoms with Crippen molar-refractivity contribution in [3.8, 4) is 0 Å². The normalized spacial score (nSPS) is 32.6. The van der Waals surface area contributed by atoms with Crippen molar-refractivity contribution in [1.82, 2.24) is 0 Å². The molecule has 7 nitrogen and oxygen atoms in total. The van der Waals surface area contributed by atoms with Crippen molar-refractivity contribution in [1.29, 1.82) is 0 Å². The van der Waals surface area contributed by atoms with Gasteiger partial charge in [-0.3, -0.25) is 4.21 Å². The van der Waals surface area contributed by atoms with Gasteiger partial charge in [-0.05, 0) is 5.56 Å². The summed E-state index contributed by atoms with van der Waals surface area (Å²) in [4.78, 5) is 15.0. The fourth-order valence-corrected chi connectivity index (χ4v) is 4.20. The van der Waals surface area contributed by atoms with Crippen molar-refractivity contribution in [2.45, 2.75) is 29.3 Å². The molecular formula is C13H15NO6S. The van der Waals surface area contributed by atoms with Crippen LogP contribution in [-0.2, 0) is 30.9 Å².